The smallest absolute Gasteiger partial charge is 0.310 e. The lowest BCUT2D eigenvalue weighted by Gasteiger charge is -2.05. The zero-order chi connectivity index (χ0) is 14.0. The van der Waals surface area contributed by atoms with Gasteiger partial charge in [0.05, 0.1) is 17.9 Å². The zero-order valence-electron chi connectivity index (χ0n) is 10.3. The van der Waals surface area contributed by atoms with Gasteiger partial charge in [0.25, 0.3) is 0 Å². The molecule has 7 nitrogen and oxygen atoms in total. The molecule has 2 aromatic rings. The number of rotatable bonds is 4. The number of alkyl halides is 1. The number of benzene rings is 1. The van der Waals surface area contributed by atoms with Gasteiger partial charge in [0.1, 0.15) is 5.82 Å². The molecule has 19 heavy (non-hydrogen) atoms. The minimum atomic E-state index is -0.497. The van der Waals surface area contributed by atoms with Gasteiger partial charge in [0.15, 0.2) is 11.6 Å². The lowest BCUT2D eigenvalue weighted by molar-refractivity contribution is -0.385. The largest absolute Gasteiger partial charge is 0.490 e. The van der Waals surface area contributed by atoms with Crippen LogP contribution in [0.3, 0.4) is 0 Å². The number of hydrogen-bond acceptors (Lipinski definition) is 5. The maximum absolute atomic E-state index is 10.8. The highest BCUT2D eigenvalue weighted by Crippen LogP contribution is 2.31. The molecular formula is C11H11ClN4O3. The minimum absolute atomic E-state index is 0.0917. The summed E-state index contributed by atoms with van der Waals surface area (Å²) in [4.78, 5) is 10.3. The van der Waals surface area contributed by atoms with Crippen LogP contribution in [0.2, 0.25) is 0 Å². The Hall–Kier alpha value is -2.15. The van der Waals surface area contributed by atoms with Gasteiger partial charge < -0.3 is 9.30 Å². The molecular weight excluding hydrogens is 272 g/mol. The summed E-state index contributed by atoms with van der Waals surface area (Å²) in [5.41, 5.74) is 0.583. The lowest BCUT2D eigenvalue weighted by Crippen LogP contribution is -1.98. The van der Waals surface area contributed by atoms with Gasteiger partial charge >= 0.3 is 5.69 Å². The number of nitro benzene ring substituents is 1. The van der Waals surface area contributed by atoms with Crippen LogP contribution in [-0.4, -0.2) is 26.8 Å². The third-order valence-electron chi connectivity index (χ3n) is 2.72. The second-order valence-corrected chi connectivity index (χ2v) is 4.04. The molecule has 1 aromatic carbocycles. The first-order valence-corrected chi connectivity index (χ1v) is 5.89. The Balaban J connectivity index is 2.51. The third-order valence-corrected chi connectivity index (χ3v) is 2.96. The third kappa shape index (κ3) is 2.37. The van der Waals surface area contributed by atoms with E-state index >= 15 is 0 Å². The van der Waals surface area contributed by atoms with Crippen molar-refractivity contribution in [2.24, 2.45) is 7.05 Å². The standard InChI is InChI=1S/C11H11ClN4O3/c1-15-10(6-12)13-14-11(15)7-3-4-8(16(17)18)9(5-7)19-2/h3-5H,6H2,1-2H3. The van der Waals surface area contributed by atoms with Crippen molar-refractivity contribution in [1.82, 2.24) is 14.8 Å². The summed E-state index contributed by atoms with van der Waals surface area (Å²) >= 11 is 5.72. The molecule has 8 heteroatoms. The fraction of sp³-hybridized carbons (Fsp3) is 0.273. The monoisotopic (exact) mass is 282 g/mol. The van der Waals surface area contributed by atoms with Gasteiger partial charge in [-0.05, 0) is 12.1 Å². The summed E-state index contributed by atoms with van der Waals surface area (Å²) in [7, 11) is 3.16. The Kier molecular flexibility index (Phi) is 3.66. The molecule has 2 rings (SSSR count). The van der Waals surface area contributed by atoms with Crippen LogP contribution in [0.25, 0.3) is 11.4 Å². The van der Waals surface area contributed by atoms with Gasteiger partial charge in [-0.25, -0.2) is 0 Å². The summed E-state index contributed by atoms with van der Waals surface area (Å²) in [6, 6.07) is 4.53. The Morgan fingerprint density at radius 1 is 1.47 bits per heavy atom. The normalized spacial score (nSPS) is 10.5. The molecule has 1 heterocycles. The molecule has 0 amide bonds. The predicted octanol–water partition coefficient (Wildman–Crippen LogP) is 2.14. The van der Waals surface area contributed by atoms with Crippen molar-refractivity contribution in [3.05, 3.63) is 34.1 Å². The summed E-state index contributed by atoms with van der Waals surface area (Å²) in [5.74, 6) is 1.61. The van der Waals surface area contributed by atoms with Gasteiger partial charge in [0.2, 0.25) is 0 Å². The predicted molar refractivity (Wildman–Crippen MR) is 69.2 cm³/mol. The average molecular weight is 283 g/mol. The van der Waals surface area contributed by atoms with E-state index in [4.69, 9.17) is 16.3 Å². The first-order valence-electron chi connectivity index (χ1n) is 5.35. The molecule has 0 radical (unpaired) electrons. The Labute approximate surface area is 113 Å². The van der Waals surface area contributed by atoms with Crippen molar-refractivity contribution in [3.8, 4) is 17.1 Å². The summed E-state index contributed by atoms with van der Waals surface area (Å²) in [6.07, 6.45) is 0. The molecule has 0 atom stereocenters. The van der Waals surface area contributed by atoms with Crippen molar-refractivity contribution in [1.29, 1.82) is 0 Å². The molecule has 0 aliphatic heterocycles. The molecule has 100 valence electrons. The lowest BCUT2D eigenvalue weighted by atomic mass is 10.2. The Morgan fingerprint density at radius 3 is 2.74 bits per heavy atom. The van der Waals surface area contributed by atoms with E-state index < -0.39 is 4.92 Å². The molecule has 0 spiro atoms. The van der Waals surface area contributed by atoms with E-state index in [9.17, 15) is 10.1 Å². The Morgan fingerprint density at radius 2 is 2.21 bits per heavy atom. The van der Waals surface area contributed by atoms with E-state index in [0.717, 1.165) is 0 Å². The van der Waals surface area contributed by atoms with Crippen molar-refractivity contribution >= 4 is 17.3 Å². The maximum atomic E-state index is 10.8. The highest BCUT2D eigenvalue weighted by molar-refractivity contribution is 6.16. The fourth-order valence-corrected chi connectivity index (χ4v) is 1.93. The number of nitro groups is 1. The van der Waals surface area contributed by atoms with Gasteiger partial charge in [-0.2, -0.15) is 0 Å². The second-order valence-electron chi connectivity index (χ2n) is 3.78. The number of methoxy groups -OCH3 is 1. The highest BCUT2D eigenvalue weighted by atomic mass is 35.5. The molecule has 0 aliphatic rings. The first-order chi connectivity index (χ1) is 9.08. The molecule has 0 aliphatic carbocycles. The number of halogens is 1. The van der Waals surface area contributed by atoms with E-state index in [1.54, 1.807) is 23.7 Å². The molecule has 0 unspecified atom stereocenters. The number of ether oxygens (including phenoxy) is 1. The minimum Gasteiger partial charge on any atom is -0.490 e. The maximum Gasteiger partial charge on any atom is 0.310 e. The van der Waals surface area contributed by atoms with E-state index in [1.807, 2.05) is 0 Å². The van der Waals surface area contributed by atoms with Crippen LogP contribution in [0, 0.1) is 10.1 Å². The van der Waals surface area contributed by atoms with Crippen LogP contribution >= 0.6 is 11.6 Å². The van der Waals surface area contributed by atoms with Crippen molar-refractivity contribution < 1.29 is 9.66 Å². The topological polar surface area (TPSA) is 83.1 Å². The van der Waals surface area contributed by atoms with Crippen LogP contribution in [0.4, 0.5) is 5.69 Å². The summed E-state index contributed by atoms with van der Waals surface area (Å²) in [6.45, 7) is 0. The summed E-state index contributed by atoms with van der Waals surface area (Å²) < 4.78 is 6.75. The van der Waals surface area contributed by atoms with Crippen LogP contribution < -0.4 is 4.74 Å². The van der Waals surface area contributed by atoms with E-state index in [0.29, 0.717) is 17.2 Å². The van der Waals surface area contributed by atoms with Crippen molar-refractivity contribution in [3.63, 3.8) is 0 Å². The van der Waals surface area contributed by atoms with E-state index in [1.165, 1.54) is 13.2 Å². The van der Waals surface area contributed by atoms with Crippen molar-refractivity contribution in [2.75, 3.05) is 7.11 Å². The number of hydrogen-bond donors (Lipinski definition) is 0. The van der Waals surface area contributed by atoms with Crippen LogP contribution in [-0.2, 0) is 12.9 Å². The molecule has 0 saturated carbocycles. The highest BCUT2D eigenvalue weighted by Gasteiger charge is 2.17. The summed E-state index contributed by atoms with van der Waals surface area (Å²) in [5, 5.41) is 18.8. The van der Waals surface area contributed by atoms with E-state index in [-0.39, 0.29) is 17.3 Å². The molecule has 0 saturated heterocycles. The molecule has 0 N–H and O–H groups in total. The molecule has 0 bridgehead atoms. The second kappa shape index (κ2) is 5.23. The van der Waals surface area contributed by atoms with Gasteiger partial charge in [-0.15, -0.1) is 21.8 Å². The SMILES string of the molecule is COc1cc(-c2nnc(CCl)n2C)ccc1[N+](=O)[O-]. The fourth-order valence-electron chi connectivity index (χ4n) is 1.70. The van der Waals surface area contributed by atoms with Gasteiger partial charge in [0, 0.05) is 18.7 Å². The van der Waals surface area contributed by atoms with Crippen molar-refractivity contribution in [2.45, 2.75) is 5.88 Å². The van der Waals surface area contributed by atoms with Crippen LogP contribution in [0.1, 0.15) is 5.82 Å². The zero-order valence-corrected chi connectivity index (χ0v) is 11.1. The van der Waals surface area contributed by atoms with Crippen LogP contribution in [0.5, 0.6) is 5.75 Å². The molecule has 0 fully saturated rings. The molecule has 1 aromatic heterocycles. The Bertz CT molecular complexity index is 626. The van der Waals surface area contributed by atoms with Gasteiger partial charge in [-0.3, -0.25) is 10.1 Å². The number of nitrogens with zero attached hydrogens (tertiary/aromatic N) is 4. The van der Waals surface area contributed by atoms with Gasteiger partial charge in [-0.1, -0.05) is 0 Å². The first kappa shape index (κ1) is 13.3. The van der Waals surface area contributed by atoms with E-state index in [2.05, 4.69) is 10.2 Å². The average Bonchev–Trinajstić information content (AvgIpc) is 2.78. The number of aromatic nitrogens is 3. The quantitative estimate of drug-likeness (QED) is 0.487. The van der Waals surface area contributed by atoms with Crippen LogP contribution in [0.15, 0.2) is 18.2 Å².